The molecule has 2 aromatic rings. The van der Waals surface area contributed by atoms with E-state index in [1.165, 1.54) is 0 Å². The maximum atomic E-state index is 11.9. The van der Waals surface area contributed by atoms with Crippen molar-refractivity contribution in [3.05, 3.63) is 35.7 Å². The average molecular weight is 280 g/mol. The number of carbonyl (C=O) groups excluding carboxylic acids is 1. The lowest BCUT2D eigenvalue weighted by Gasteiger charge is -2.08. The fraction of sp³-hybridized carbons (Fsp3) is 0.308. The lowest BCUT2D eigenvalue weighted by molar-refractivity contribution is 0.0943. The molecule has 0 unspecified atom stereocenters. The summed E-state index contributed by atoms with van der Waals surface area (Å²) in [7, 11) is 0. The fourth-order valence-electron chi connectivity index (χ4n) is 1.57. The van der Waals surface area contributed by atoms with Gasteiger partial charge in [0.25, 0.3) is 5.91 Å². The van der Waals surface area contributed by atoms with E-state index in [1.54, 1.807) is 18.2 Å². The van der Waals surface area contributed by atoms with Gasteiger partial charge in [0.1, 0.15) is 5.88 Å². The summed E-state index contributed by atoms with van der Waals surface area (Å²) < 4.78 is 4.94. The van der Waals surface area contributed by atoms with E-state index in [9.17, 15) is 4.79 Å². The highest BCUT2D eigenvalue weighted by molar-refractivity contribution is 6.16. The number of halogens is 1. The van der Waals surface area contributed by atoms with E-state index < -0.39 is 0 Å². The van der Waals surface area contributed by atoms with Gasteiger partial charge in [-0.2, -0.15) is 4.98 Å². The molecular weight excluding hydrogens is 266 g/mol. The van der Waals surface area contributed by atoms with Gasteiger partial charge in [-0.05, 0) is 26.0 Å². The van der Waals surface area contributed by atoms with Crippen LogP contribution in [-0.2, 0) is 5.88 Å². The standard InChI is InChI=1S/C13H14ClN3O2/c1-8(2)15-13(18)10-5-3-4-9(6-10)12-16-11(7-14)19-17-12/h3-6,8H,7H2,1-2H3,(H,15,18). The molecule has 0 atom stereocenters. The Kier molecular flexibility index (Phi) is 4.16. The molecule has 2 rings (SSSR count). The minimum absolute atomic E-state index is 0.0872. The van der Waals surface area contributed by atoms with Gasteiger partial charge >= 0.3 is 0 Å². The van der Waals surface area contributed by atoms with Gasteiger partial charge in [-0.15, -0.1) is 11.6 Å². The first-order chi connectivity index (χ1) is 9.10. The van der Waals surface area contributed by atoms with E-state index in [0.29, 0.717) is 17.3 Å². The van der Waals surface area contributed by atoms with E-state index in [0.717, 1.165) is 5.56 Å². The van der Waals surface area contributed by atoms with E-state index in [1.807, 2.05) is 19.9 Å². The van der Waals surface area contributed by atoms with Crippen molar-refractivity contribution in [1.82, 2.24) is 15.5 Å². The molecule has 0 saturated carbocycles. The Morgan fingerprint density at radius 2 is 2.26 bits per heavy atom. The molecule has 19 heavy (non-hydrogen) atoms. The van der Waals surface area contributed by atoms with Crippen molar-refractivity contribution in [2.24, 2.45) is 0 Å². The Morgan fingerprint density at radius 3 is 2.89 bits per heavy atom. The molecule has 0 aliphatic heterocycles. The number of rotatable bonds is 4. The Bertz CT molecular complexity index is 581. The van der Waals surface area contributed by atoms with Crippen molar-refractivity contribution in [3.63, 3.8) is 0 Å². The summed E-state index contributed by atoms with van der Waals surface area (Å²) in [5.41, 5.74) is 1.28. The van der Waals surface area contributed by atoms with Gasteiger partial charge in [-0.3, -0.25) is 4.79 Å². The summed E-state index contributed by atoms with van der Waals surface area (Å²) in [6.45, 7) is 3.82. The zero-order chi connectivity index (χ0) is 13.8. The number of carbonyl (C=O) groups is 1. The molecule has 1 amide bonds. The molecule has 0 bridgehead atoms. The third kappa shape index (κ3) is 3.32. The molecule has 0 spiro atoms. The molecule has 1 heterocycles. The van der Waals surface area contributed by atoms with Crippen LogP contribution in [0.5, 0.6) is 0 Å². The molecule has 100 valence electrons. The summed E-state index contributed by atoms with van der Waals surface area (Å²) >= 11 is 5.61. The van der Waals surface area contributed by atoms with Gasteiger partial charge in [-0.1, -0.05) is 17.3 Å². The average Bonchev–Trinajstić information content (AvgIpc) is 2.87. The van der Waals surface area contributed by atoms with Gasteiger partial charge in [0.15, 0.2) is 0 Å². The van der Waals surface area contributed by atoms with Crippen molar-refractivity contribution in [2.75, 3.05) is 0 Å². The van der Waals surface area contributed by atoms with Crippen molar-refractivity contribution in [1.29, 1.82) is 0 Å². The number of aromatic nitrogens is 2. The normalized spacial score (nSPS) is 10.7. The van der Waals surface area contributed by atoms with Crippen LogP contribution < -0.4 is 5.32 Å². The first-order valence-electron chi connectivity index (χ1n) is 5.90. The highest BCUT2D eigenvalue weighted by Gasteiger charge is 2.11. The maximum absolute atomic E-state index is 11.9. The Hall–Kier alpha value is -1.88. The van der Waals surface area contributed by atoms with Crippen molar-refractivity contribution >= 4 is 17.5 Å². The monoisotopic (exact) mass is 279 g/mol. The molecular formula is C13H14ClN3O2. The first-order valence-corrected chi connectivity index (χ1v) is 6.43. The van der Waals surface area contributed by atoms with Crippen LogP contribution in [0.15, 0.2) is 28.8 Å². The topological polar surface area (TPSA) is 68.0 Å². The number of benzene rings is 1. The highest BCUT2D eigenvalue weighted by atomic mass is 35.5. The van der Waals surface area contributed by atoms with Crippen molar-refractivity contribution < 1.29 is 9.32 Å². The number of amides is 1. The summed E-state index contributed by atoms with van der Waals surface area (Å²) in [6.07, 6.45) is 0. The fourth-order valence-corrected chi connectivity index (χ4v) is 1.68. The second-order valence-corrected chi connectivity index (χ2v) is 4.62. The van der Waals surface area contributed by atoms with Crippen LogP contribution in [0.2, 0.25) is 0 Å². The third-order valence-electron chi connectivity index (χ3n) is 2.39. The van der Waals surface area contributed by atoms with Gasteiger partial charge < -0.3 is 9.84 Å². The predicted octanol–water partition coefficient (Wildman–Crippen LogP) is 2.61. The molecule has 0 fully saturated rings. The molecule has 0 radical (unpaired) electrons. The zero-order valence-corrected chi connectivity index (χ0v) is 11.4. The minimum Gasteiger partial charge on any atom is -0.350 e. The van der Waals surface area contributed by atoms with Gasteiger partial charge in [-0.25, -0.2) is 0 Å². The van der Waals surface area contributed by atoms with Gasteiger partial charge in [0.05, 0.1) is 0 Å². The molecule has 6 heteroatoms. The van der Waals surface area contributed by atoms with Crippen LogP contribution >= 0.6 is 11.6 Å². The molecule has 0 aliphatic rings. The molecule has 1 aromatic heterocycles. The van der Waals surface area contributed by atoms with Crippen LogP contribution in [0, 0.1) is 0 Å². The van der Waals surface area contributed by atoms with Crippen LogP contribution in [-0.4, -0.2) is 22.1 Å². The first kappa shape index (κ1) is 13.5. The predicted molar refractivity (Wildman–Crippen MR) is 71.9 cm³/mol. The van der Waals surface area contributed by atoms with Crippen LogP contribution in [0.3, 0.4) is 0 Å². The van der Waals surface area contributed by atoms with E-state index in [4.69, 9.17) is 16.1 Å². The number of hydrogen-bond donors (Lipinski definition) is 1. The summed E-state index contributed by atoms with van der Waals surface area (Å²) in [4.78, 5) is 16.0. The second-order valence-electron chi connectivity index (χ2n) is 4.35. The quantitative estimate of drug-likeness (QED) is 0.874. The van der Waals surface area contributed by atoms with Gasteiger partial charge in [0, 0.05) is 17.2 Å². The van der Waals surface area contributed by atoms with Crippen molar-refractivity contribution in [3.8, 4) is 11.4 Å². The number of nitrogens with zero attached hydrogens (tertiary/aromatic N) is 2. The van der Waals surface area contributed by atoms with Crippen LogP contribution in [0.25, 0.3) is 11.4 Å². The molecule has 1 N–H and O–H groups in total. The Labute approximate surface area is 116 Å². The highest BCUT2D eigenvalue weighted by Crippen LogP contribution is 2.18. The van der Waals surface area contributed by atoms with E-state index in [-0.39, 0.29) is 17.8 Å². The SMILES string of the molecule is CC(C)NC(=O)c1cccc(-c2noc(CCl)n2)c1. The second kappa shape index (κ2) is 5.84. The Balaban J connectivity index is 2.26. The Morgan fingerprint density at radius 1 is 1.47 bits per heavy atom. The minimum atomic E-state index is -0.127. The molecule has 5 nitrogen and oxygen atoms in total. The molecule has 1 aromatic carbocycles. The largest absolute Gasteiger partial charge is 0.350 e. The number of alkyl halides is 1. The number of hydrogen-bond acceptors (Lipinski definition) is 4. The summed E-state index contributed by atoms with van der Waals surface area (Å²) in [5.74, 6) is 0.821. The molecule has 0 saturated heterocycles. The zero-order valence-electron chi connectivity index (χ0n) is 10.7. The molecule has 0 aliphatic carbocycles. The van der Waals surface area contributed by atoms with Crippen molar-refractivity contribution in [2.45, 2.75) is 25.8 Å². The van der Waals surface area contributed by atoms with Crippen LogP contribution in [0.1, 0.15) is 30.1 Å². The third-order valence-corrected chi connectivity index (χ3v) is 2.61. The number of nitrogens with one attached hydrogen (secondary N) is 1. The summed E-state index contributed by atoms with van der Waals surface area (Å²) in [5, 5.41) is 6.65. The lowest BCUT2D eigenvalue weighted by atomic mass is 10.1. The van der Waals surface area contributed by atoms with Crippen LogP contribution in [0.4, 0.5) is 0 Å². The van der Waals surface area contributed by atoms with E-state index >= 15 is 0 Å². The summed E-state index contributed by atoms with van der Waals surface area (Å²) in [6, 6.07) is 7.14. The maximum Gasteiger partial charge on any atom is 0.251 e. The lowest BCUT2D eigenvalue weighted by Crippen LogP contribution is -2.30. The van der Waals surface area contributed by atoms with Gasteiger partial charge in [0.2, 0.25) is 11.7 Å². The van der Waals surface area contributed by atoms with E-state index in [2.05, 4.69) is 15.5 Å². The smallest absolute Gasteiger partial charge is 0.251 e.